The fourth-order valence-corrected chi connectivity index (χ4v) is 3.97. The van der Waals surface area contributed by atoms with Crippen LogP contribution in [0.15, 0.2) is 58.0 Å². The van der Waals surface area contributed by atoms with Gasteiger partial charge in [0.2, 0.25) is 5.89 Å². The minimum Gasteiger partial charge on any atom is -0.497 e. The average Bonchev–Trinajstić information content (AvgIpc) is 3.39. The molecule has 0 fully saturated rings. The second-order valence-electron chi connectivity index (χ2n) is 6.61. The van der Waals surface area contributed by atoms with E-state index >= 15 is 0 Å². The minimum atomic E-state index is -0.264. The van der Waals surface area contributed by atoms with E-state index in [0.29, 0.717) is 11.6 Å². The number of hydrogen-bond donors (Lipinski definition) is 0. The SMILES string of the molecule is COc1ccc(-c2nc(COC(=O)CSc3ccc4c(c3)CCC4)co2)cc1. The standard InChI is InChI=1S/C22H21NO4S/c1-25-19-8-5-16(6-9-19)22-23-18(13-27-22)12-26-21(24)14-28-20-10-7-15-3-2-4-17(15)11-20/h5-11,13H,2-4,12,14H2,1H3. The van der Waals surface area contributed by atoms with Crippen LogP contribution in [0.2, 0.25) is 0 Å². The predicted molar refractivity (Wildman–Crippen MR) is 107 cm³/mol. The van der Waals surface area contributed by atoms with E-state index in [-0.39, 0.29) is 18.3 Å². The molecule has 1 aliphatic carbocycles. The van der Waals surface area contributed by atoms with E-state index in [1.807, 2.05) is 24.3 Å². The summed E-state index contributed by atoms with van der Waals surface area (Å²) in [5.74, 6) is 1.27. The first kappa shape index (κ1) is 18.6. The van der Waals surface area contributed by atoms with Gasteiger partial charge in [-0.2, -0.15) is 0 Å². The average molecular weight is 395 g/mol. The van der Waals surface area contributed by atoms with Crippen LogP contribution in [-0.2, 0) is 29.0 Å². The number of benzene rings is 2. The number of esters is 1. The number of aromatic nitrogens is 1. The molecule has 5 nitrogen and oxygen atoms in total. The van der Waals surface area contributed by atoms with Gasteiger partial charge in [-0.15, -0.1) is 11.8 Å². The molecule has 2 aromatic carbocycles. The van der Waals surface area contributed by atoms with Crippen LogP contribution in [0.4, 0.5) is 0 Å². The van der Waals surface area contributed by atoms with Crippen molar-refractivity contribution < 1.29 is 18.7 Å². The molecule has 0 saturated heterocycles. The third-order valence-corrected chi connectivity index (χ3v) is 5.66. The Morgan fingerprint density at radius 3 is 2.79 bits per heavy atom. The maximum atomic E-state index is 12.1. The lowest BCUT2D eigenvalue weighted by molar-refractivity contribution is -0.141. The Hall–Kier alpha value is -2.73. The summed E-state index contributed by atoms with van der Waals surface area (Å²) in [4.78, 5) is 17.5. The third kappa shape index (κ3) is 4.39. The van der Waals surface area contributed by atoms with Crippen LogP contribution in [0.3, 0.4) is 0 Å². The van der Waals surface area contributed by atoms with Crippen molar-refractivity contribution in [2.45, 2.75) is 30.8 Å². The summed E-state index contributed by atoms with van der Waals surface area (Å²) in [5.41, 5.74) is 4.27. The zero-order valence-corrected chi connectivity index (χ0v) is 16.5. The predicted octanol–water partition coefficient (Wildman–Crippen LogP) is 4.67. The summed E-state index contributed by atoms with van der Waals surface area (Å²) in [5, 5.41) is 0. The van der Waals surface area contributed by atoms with E-state index < -0.39 is 0 Å². The molecule has 0 amide bonds. The quantitative estimate of drug-likeness (QED) is 0.428. The van der Waals surface area contributed by atoms with Crippen LogP contribution in [0.5, 0.6) is 5.75 Å². The molecule has 0 spiro atoms. The molecule has 3 aromatic rings. The van der Waals surface area contributed by atoms with Crippen molar-refractivity contribution in [3.8, 4) is 17.2 Å². The topological polar surface area (TPSA) is 61.6 Å². The van der Waals surface area contributed by atoms with E-state index in [4.69, 9.17) is 13.9 Å². The number of aryl methyl sites for hydroxylation is 2. The first-order valence-corrected chi connectivity index (χ1v) is 10.2. The molecule has 144 valence electrons. The molecule has 0 aliphatic heterocycles. The molecular formula is C22H21NO4S. The van der Waals surface area contributed by atoms with Crippen LogP contribution >= 0.6 is 11.8 Å². The molecule has 1 heterocycles. The Balaban J connectivity index is 1.27. The number of nitrogens with zero attached hydrogens (tertiary/aromatic N) is 1. The van der Waals surface area contributed by atoms with E-state index in [1.165, 1.54) is 42.0 Å². The van der Waals surface area contributed by atoms with Crippen LogP contribution < -0.4 is 4.74 Å². The first-order valence-electron chi connectivity index (χ1n) is 9.20. The Morgan fingerprint density at radius 1 is 1.14 bits per heavy atom. The summed E-state index contributed by atoms with van der Waals surface area (Å²) in [6.07, 6.45) is 5.04. The number of methoxy groups -OCH3 is 1. The molecule has 0 saturated carbocycles. The maximum Gasteiger partial charge on any atom is 0.316 e. The van der Waals surface area contributed by atoms with Gasteiger partial charge in [0.15, 0.2) is 0 Å². The first-order chi connectivity index (χ1) is 13.7. The van der Waals surface area contributed by atoms with Crippen LogP contribution in [-0.4, -0.2) is 23.8 Å². The highest BCUT2D eigenvalue weighted by Gasteiger charge is 2.13. The van der Waals surface area contributed by atoms with Gasteiger partial charge in [0.05, 0.1) is 12.9 Å². The van der Waals surface area contributed by atoms with Gasteiger partial charge in [0, 0.05) is 10.5 Å². The summed E-state index contributed by atoms with van der Waals surface area (Å²) in [6, 6.07) is 13.9. The van der Waals surface area contributed by atoms with Crippen molar-refractivity contribution in [3.63, 3.8) is 0 Å². The fourth-order valence-electron chi connectivity index (χ4n) is 3.22. The number of oxazole rings is 1. The Labute approximate surface area is 168 Å². The van der Waals surface area contributed by atoms with Crippen molar-refractivity contribution in [1.29, 1.82) is 0 Å². The molecule has 1 aliphatic rings. The van der Waals surface area contributed by atoms with Gasteiger partial charge in [-0.25, -0.2) is 4.98 Å². The van der Waals surface area contributed by atoms with Gasteiger partial charge in [-0.3, -0.25) is 4.79 Å². The molecule has 0 radical (unpaired) electrons. The Morgan fingerprint density at radius 2 is 1.96 bits per heavy atom. The molecule has 6 heteroatoms. The smallest absolute Gasteiger partial charge is 0.316 e. The number of carbonyl (C=O) groups is 1. The van der Waals surface area contributed by atoms with Crippen molar-refractivity contribution in [3.05, 3.63) is 65.5 Å². The molecule has 4 rings (SSSR count). The number of fused-ring (bicyclic) bond motifs is 1. The lowest BCUT2D eigenvalue weighted by atomic mass is 10.1. The highest BCUT2D eigenvalue weighted by Crippen LogP contribution is 2.27. The molecule has 1 aromatic heterocycles. The molecular weight excluding hydrogens is 374 g/mol. The minimum absolute atomic E-state index is 0.100. The Bertz CT molecular complexity index is 965. The van der Waals surface area contributed by atoms with Gasteiger partial charge >= 0.3 is 5.97 Å². The normalized spacial score (nSPS) is 12.6. The second-order valence-corrected chi connectivity index (χ2v) is 7.65. The Kier molecular flexibility index (Phi) is 5.67. The van der Waals surface area contributed by atoms with Gasteiger partial charge in [-0.1, -0.05) is 6.07 Å². The monoisotopic (exact) mass is 395 g/mol. The van der Waals surface area contributed by atoms with Crippen LogP contribution in [0.25, 0.3) is 11.5 Å². The number of ether oxygens (including phenoxy) is 2. The van der Waals surface area contributed by atoms with Crippen molar-refractivity contribution in [2.24, 2.45) is 0 Å². The lowest BCUT2D eigenvalue weighted by Crippen LogP contribution is -2.07. The second kappa shape index (κ2) is 8.52. The van der Waals surface area contributed by atoms with Gasteiger partial charge in [0.1, 0.15) is 24.3 Å². The molecule has 0 atom stereocenters. The largest absolute Gasteiger partial charge is 0.497 e. The number of hydrogen-bond acceptors (Lipinski definition) is 6. The number of rotatable bonds is 7. The van der Waals surface area contributed by atoms with Crippen LogP contribution in [0, 0.1) is 0 Å². The van der Waals surface area contributed by atoms with E-state index in [0.717, 1.165) is 22.6 Å². The molecule has 28 heavy (non-hydrogen) atoms. The van der Waals surface area contributed by atoms with Crippen molar-refractivity contribution >= 4 is 17.7 Å². The maximum absolute atomic E-state index is 12.1. The van der Waals surface area contributed by atoms with E-state index in [2.05, 4.69) is 23.2 Å². The highest BCUT2D eigenvalue weighted by molar-refractivity contribution is 8.00. The summed E-state index contributed by atoms with van der Waals surface area (Å²) in [6.45, 7) is 0.100. The summed E-state index contributed by atoms with van der Waals surface area (Å²) >= 11 is 1.50. The summed E-state index contributed by atoms with van der Waals surface area (Å²) in [7, 11) is 1.62. The number of carbonyl (C=O) groups excluding carboxylic acids is 1. The summed E-state index contributed by atoms with van der Waals surface area (Å²) < 4.78 is 15.9. The van der Waals surface area contributed by atoms with E-state index in [1.54, 1.807) is 7.11 Å². The van der Waals surface area contributed by atoms with Gasteiger partial charge in [0.25, 0.3) is 0 Å². The third-order valence-electron chi connectivity index (χ3n) is 4.70. The van der Waals surface area contributed by atoms with Crippen molar-refractivity contribution in [2.75, 3.05) is 12.9 Å². The molecule has 0 bridgehead atoms. The van der Waals surface area contributed by atoms with Gasteiger partial charge in [-0.05, 0) is 66.8 Å². The molecule has 0 N–H and O–H groups in total. The van der Waals surface area contributed by atoms with Gasteiger partial charge < -0.3 is 13.9 Å². The van der Waals surface area contributed by atoms with E-state index in [9.17, 15) is 4.79 Å². The fraction of sp³-hybridized carbons (Fsp3) is 0.273. The zero-order chi connectivity index (χ0) is 19.3. The number of thioether (sulfide) groups is 1. The zero-order valence-electron chi connectivity index (χ0n) is 15.6. The molecule has 0 unspecified atom stereocenters. The highest BCUT2D eigenvalue weighted by atomic mass is 32.2. The van der Waals surface area contributed by atoms with Crippen molar-refractivity contribution in [1.82, 2.24) is 4.98 Å². The van der Waals surface area contributed by atoms with Crippen LogP contribution in [0.1, 0.15) is 23.2 Å². The lowest BCUT2D eigenvalue weighted by Gasteiger charge is -2.05.